The first-order chi connectivity index (χ1) is 21.5. The van der Waals surface area contributed by atoms with E-state index >= 15 is 0 Å². The summed E-state index contributed by atoms with van der Waals surface area (Å²) in [4.78, 5) is 20.0. The number of hydrogen-bond donors (Lipinski definition) is 0. The predicted molar refractivity (Wildman–Crippen MR) is 177 cm³/mol. The number of halogens is 1. The zero-order valence-electron chi connectivity index (χ0n) is 24.2. The second kappa shape index (κ2) is 11.9. The topological polar surface area (TPSA) is 62.0 Å². The summed E-state index contributed by atoms with van der Waals surface area (Å²) in [6, 6.07) is 30.0. The Hall–Kier alpha value is -4.40. The molecule has 0 saturated heterocycles. The average molecular weight is 666 g/mol. The van der Waals surface area contributed by atoms with Gasteiger partial charge in [0.1, 0.15) is 12.4 Å². The van der Waals surface area contributed by atoms with E-state index in [9.17, 15) is 4.79 Å². The van der Waals surface area contributed by atoms with Gasteiger partial charge in [-0.25, -0.2) is 4.99 Å². The summed E-state index contributed by atoms with van der Waals surface area (Å²) >= 11 is 5.07. The molecule has 0 amide bonds. The van der Waals surface area contributed by atoms with Crippen LogP contribution in [-0.2, 0) is 13.0 Å². The molecular formula is C36H29BrN2O4S. The number of rotatable bonds is 7. The van der Waals surface area contributed by atoms with E-state index in [2.05, 4.69) is 46.3 Å². The highest BCUT2D eigenvalue weighted by atomic mass is 79.9. The average Bonchev–Trinajstić information content (AvgIpc) is 3.37. The number of allylic oxidation sites excluding steroid dienone is 1. The minimum Gasteiger partial charge on any atom is -0.497 e. The summed E-state index contributed by atoms with van der Waals surface area (Å²) in [6.07, 6.45) is 3.63. The number of nitrogens with zero attached hydrogens (tertiary/aromatic N) is 2. The minimum absolute atomic E-state index is 0.0773. The largest absolute Gasteiger partial charge is 0.497 e. The predicted octanol–water partition coefficient (Wildman–Crippen LogP) is 6.68. The standard InChI is InChI=1S/C36H29BrN2O4S/c1-41-26-13-8-12-25(20-26)33-28-16-15-24-11-6-7-14-27(24)32(28)38-36-39(33)35(40)31(44-36)19-23-17-29(37)34(30(18-23)42-2)43-21-22-9-4-3-5-10-22/h3-14,17-20,33H,15-16,21H2,1-2H3/b31-19+/t33-/m0/s1. The number of fused-ring (bicyclic) bond motifs is 3. The van der Waals surface area contributed by atoms with Gasteiger partial charge in [0.05, 0.1) is 35.0 Å². The summed E-state index contributed by atoms with van der Waals surface area (Å²) in [7, 11) is 3.28. The molecule has 6 nitrogen and oxygen atoms in total. The van der Waals surface area contributed by atoms with E-state index in [4.69, 9.17) is 19.2 Å². The Bertz CT molecular complexity index is 2100. The highest BCUT2D eigenvalue weighted by molar-refractivity contribution is 9.10. The molecule has 2 heterocycles. The van der Waals surface area contributed by atoms with E-state index in [1.807, 2.05) is 71.3 Å². The van der Waals surface area contributed by atoms with Gasteiger partial charge in [-0.2, -0.15) is 0 Å². The first-order valence-electron chi connectivity index (χ1n) is 14.4. The van der Waals surface area contributed by atoms with Crippen molar-refractivity contribution in [1.82, 2.24) is 4.57 Å². The van der Waals surface area contributed by atoms with Crippen LogP contribution in [0.15, 0.2) is 111 Å². The molecule has 0 bridgehead atoms. The third-order valence-electron chi connectivity index (χ3n) is 8.06. The van der Waals surface area contributed by atoms with Crippen LogP contribution < -0.4 is 29.1 Å². The van der Waals surface area contributed by atoms with Crippen molar-refractivity contribution in [3.63, 3.8) is 0 Å². The number of hydrogen-bond acceptors (Lipinski definition) is 6. The lowest BCUT2D eigenvalue weighted by Gasteiger charge is -2.31. The lowest BCUT2D eigenvalue weighted by atomic mass is 9.83. The Morgan fingerprint density at radius 3 is 2.59 bits per heavy atom. The second-order valence-corrected chi connectivity index (χ2v) is 12.6. The van der Waals surface area contributed by atoms with Gasteiger partial charge in [-0.3, -0.25) is 9.36 Å². The van der Waals surface area contributed by atoms with E-state index in [-0.39, 0.29) is 11.6 Å². The van der Waals surface area contributed by atoms with Crippen LogP contribution in [0.25, 0.3) is 11.8 Å². The Labute approximate surface area is 267 Å². The van der Waals surface area contributed by atoms with Gasteiger partial charge in [0.2, 0.25) is 0 Å². The quantitative estimate of drug-likeness (QED) is 0.195. The van der Waals surface area contributed by atoms with Crippen LogP contribution in [0.2, 0.25) is 0 Å². The van der Waals surface area contributed by atoms with Gasteiger partial charge < -0.3 is 14.2 Å². The summed E-state index contributed by atoms with van der Waals surface area (Å²) in [6.45, 7) is 0.409. The summed E-state index contributed by atoms with van der Waals surface area (Å²) in [5.74, 6) is 1.95. The molecule has 5 aromatic rings. The van der Waals surface area contributed by atoms with Crippen LogP contribution in [0.3, 0.4) is 0 Å². The lowest BCUT2D eigenvalue weighted by molar-refractivity contribution is 0.282. The molecule has 220 valence electrons. The Morgan fingerprint density at radius 2 is 1.77 bits per heavy atom. The highest BCUT2D eigenvalue weighted by Crippen LogP contribution is 2.42. The number of aryl methyl sites for hydroxylation is 1. The molecule has 2 aliphatic rings. The molecule has 0 unspecified atom stereocenters. The van der Waals surface area contributed by atoms with E-state index in [0.29, 0.717) is 27.4 Å². The Kier molecular flexibility index (Phi) is 7.70. The van der Waals surface area contributed by atoms with Gasteiger partial charge in [-0.1, -0.05) is 78.1 Å². The maximum atomic E-state index is 14.2. The van der Waals surface area contributed by atoms with Crippen molar-refractivity contribution in [2.75, 3.05) is 14.2 Å². The minimum atomic E-state index is -0.276. The fourth-order valence-electron chi connectivity index (χ4n) is 5.98. The summed E-state index contributed by atoms with van der Waals surface area (Å²) in [5.41, 5.74) is 7.34. The molecule has 8 heteroatoms. The van der Waals surface area contributed by atoms with Gasteiger partial charge in [-0.15, -0.1) is 0 Å². The molecule has 1 atom stereocenters. The van der Waals surface area contributed by atoms with Crippen molar-refractivity contribution >= 4 is 39.0 Å². The number of ether oxygens (including phenoxy) is 3. The molecule has 0 N–H and O–H groups in total. The third-order valence-corrected chi connectivity index (χ3v) is 9.63. The molecule has 4 aromatic carbocycles. The van der Waals surface area contributed by atoms with Crippen molar-refractivity contribution in [3.05, 3.63) is 149 Å². The maximum absolute atomic E-state index is 14.2. The van der Waals surface area contributed by atoms with Crippen molar-refractivity contribution in [2.24, 2.45) is 4.99 Å². The number of methoxy groups -OCH3 is 2. The van der Waals surface area contributed by atoms with E-state index < -0.39 is 0 Å². The summed E-state index contributed by atoms with van der Waals surface area (Å²) < 4.78 is 20.6. The van der Waals surface area contributed by atoms with E-state index in [1.54, 1.807) is 14.2 Å². The molecule has 7 rings (SSSR count). The fraction of sp³-hybridized carbons (Fsp3) is 0.167. The van der Waals surface area contributed by atoms with Crippen molar-refractivity contribution < 1.29 is 14.2 Å². The highest BCUT2D eigenvalue weighted by Gasteiger charge is 2.32. The van der Waals surface area contributed by atoms with Crippen molar-refractivity contribution in [2.45, 2.75) is 25.5 Å². The van der Waals surface area contributed by atoms with E-state index in [0.717, 1.165) is 56.6 Å². The van der Waals surface area contributed by atoms with Crippen LogP contribution in [0, 0.1) is 0 Å². The van der Waals surface area contributed by atoms with Crippen LogP contribution >= 0.6 is 27.3 Å². The molecule has 0 spiro atoms. The number of benzene rings is 4. The van der Waals surface area contributed by atoms with Crippen LogP contribution in [-0.4, -0.2) is 18.8 Å². The Morgan fingerprint density at radius 1 is 0.955 bits per heavy atom. The smallest absolute Gasteiger partial charge is 0.271 e. The normalized spacial score (nSPS) is 15.6. The first kappa shape index (κ1) is 28.4. The van der Waals surface area contributed by atoms with Gasteiger partial charge >= 0.3 is 0 Å². The number of thiazole rings is 1. The van der Waals surface area contributed by atoms with Gasteiger partial charge in [-0.05, 0) is 86.9 Å². The third kappa shape index (κ3) is 5.18. The molecule has 1 aliphatic heterocycles. The zero-order valence-corrected chi connectivity index (χ0v) is 26.7. The van der Waals surface area contributed by atoms with Crippen molar-refractivity contribution in [3.8, 4) is 17.2 Å². The molecule has 44 heavy (non-hydrogen) atoms. The van der Waals surface area contributed by atoms with Crippen LogP contribution in [0.1, 0.15) is 40.3 Å². The van der Waals surface area contributed by atoms with Crippen molar-refractivity contribution in [1.29, 1.82) is 0 Å². The first-order valence-corrected chi connectivity index (χ1v) is 16.0. The molecule has 0 radical (unpaired) electrons. The van der Waals surface area contributed by atoms with Gasteiger partial charge in [0, 0.05) is 5.56 Å². The van der Waals surface area contributed by atoms with Gasteiger partial charge in [0.15, 0.2) is 16.3 Å². The van der Waals surface area contributed by atoms with Gasteiger partial charge in [0.25, 0.3) is 5.56 Å². The molecule has 0 fully saturated rings. The Balaban J connectivity index is 1.35. The molecular weight excluding hydrogens is 636 g/mol. The summed E-state index contributed by atoms with van der Waals surface area (Å²) in [5, 5.41) is 0. The zero-order chi connectivity index (χ0) is 30.2. The lowest BCUT2D eigenvalue weighted by Crippen LogP contribution is -2.38. The number of aromatic nitrogens is 1. The van der Waals surface area contributed by atoms with Crippen LogP contribution in [0.4, 0.5) is 0 Å². The fourth-order valence-corrected chi connectivity index (χ4v) is 7.55. The SMILES string of the molecule is COc1cccc([C@H]2C3=C(N=c4s/c(=C/c5cc(Br)c(OCc6ccccc6)c(OC)c5)c(=O)n42)c2ccccc2CC3)c1. The molecule has 1 aromatic heterocycles. The van der Waals surface area contributed by atoms with E-state index in [1.165, 1.54) is 16.9 Å². The monoisotopic (exact) mass is 664 g/mol. The molecule has 0 saturated carbocycles. The molecule has 1 aliphatic carbocycles. The maximum Gasteiger partial charge on any atom is 0.271 e. The second-order valence-electron chi connectivity index (χ2n) is 10.7. The van der Waals surface area contributed by atoms with Crippen LogP contribution in [0.5, 0.6) is 17.2 Å².